The summed E-state index contributed by atoms with van der Waals surface area (Å²) < 4.78 is 1.84. The summed E-state index contributed by atoms with van der Waals surface area (Å²) in [4.78, 5) is 8.77. The third-order valence-corrected chi connectivity index (χ3v) is 3.56. The number of hydrogen-bond donors (Lipinski definition) is 1. The molecule has 5 heteroatoms. The first kappa shape index (κ1) is 13.7. The Labute approximate surface area is 123 Å². The lowest BCUT2D eigenvalue weighted by Crippen LogP contribution is -2.23. The van der Waals surface area contributed by atoms with Gasteiger partial charge in [0.25, 0.3) is 0 Å². The molecule has 0 fully saturated rings. The van der Waals surface area contributed by atoms with Crippen LogP contribution in [0.25, 0.3) is 16.7 Å². The molecule has 2 N–H and O–H groups in total. The van der Waals surface area contributed by atoms with Crippen molar-refractivity contribution in [2.75, 3.05) is 0 Å². The maximum atomic E-state index is 6.14. The second-order valence-electron chi connectivity index (χ2n) is 5.20. The maximum Gasteiger partial charge on any atom is 0.166 e. The molecule has 3 aromatic rings. The number of benzene rings is 1. The van der Waals surface area contributed by atoms with Crippen molar-refractivity contribution in [3.63, 3.8) is 0 Å². The van der Waals surface area contributed by atoms with Crippen molar-refractivity contribution in [1.82, 2.24) is 19.7 Å². The lowest BCUT2D eigenvalue weighted by molar-refractivity contribution is 0.595. The fourth-order valence-electron chi connectivity index (χ4n) is 2.53. The van der Waals surface area contributed by atoms with E-state index in [9.17, 15) is 0 Å². The largest absolute Gasteiger partial charge is 0.327 e. The second-order valence-corrected chi connectivity index (χ2v) is 5.20. The highest BCUT2D eigenvalue weighted by Crippen LogP contribution is 2.19. The molecule has 0 saturated heterocycles. The van der Waals surface area contributed by atoms with E-state index in [0.717, 1.165) is 41.7 Å². The normalized spacial score (nSPS) is 12.7. The molecule has 0 spiro atoms. The molecule has 5 nitrogen and oxygen atoms in total. The van der Waals surface area contributed by atoms with Gasteiger partial charge in [-0.2, -0.15) is 5.10 Å². The first-order valence-corrected chi connectivity index (χ1v) is 7.28. The predicted molar refractivity (Wildman–Crippen MR) is 83.2 cm³/mol. The Morgan fingerprint density at radius 1 is 1.19 bits per heavy atom. The van der Waals surface area contributed by atoms with Crippen LogP contribution in [0.1, 0.15) is 25.5 Å². The van der Waals surface area contributed by atoms with Gasteiger partial charge in [0.15, 0.2) is 5.65 Å². The zero-order valence-electron chi connectivity index (χ0n) is 12.1. The molecular weight excluding hydrogens is 262 g/mol. The molecular formula is C16H19N5. The second kappa shape index (κ2) is 6.01. The van der Waals surface area contributed by atoms with Crippen molar-refractivity contribution >= 4 is 11.0 Å². The van der Waals surface area contributed by atoms with Gasteiger partial charge in [-0.15, -0.1) is 0 Å². The number of nitrogens with zero attached hydrogens (tertiary/aromatic N) is 4. The Bertz CT molecular complexity index is 720. The van der Waals surface area contributed by atoms with Crippen LogP contribution in [0.15, 0.2) is 42.9 Å². The van der Waals surface area contributed by atoms with Crippen molar-refractivity contribution in [1.29, 1.82) is 0 Å². The molecule has 1 unspecified atom stereocenters. The highest BCUT2D eigenvalue weighted by molar-refractivity contribution is 5.78. The lowest BCUT2D eigenvalue weighted by atomic mass is 10.1. The third-order valence-electron chi connectivity index (χ3n) is 3.56. The van der Waals surface area contributed by atoms with Crippen LogP contribution in [0.3, 0.4) is 0 Å². The molecule has 21 heavy (non-hydrogen) atoms. The molecule has 2 aromatic heterocycles. The van der Waals surface area contributed by atoms with E-state index in [-0.39, 0.29) is 6.04 Å². The van der Waals surface area contributed by atoms with Gasteiger partial charge in [0.1, 0.15) is 6.33 Å². The quantitative estimate of drug-likeness (QED) is 0.780. The molecule has 0 bridgehead atoms. The van der Waals surface area contributed by atoms with Gasteiger partial charge < -0.3 is 5.73 Å². The molecule has 0 radical (unpaired) electrons. The van der Waals surface area contributed by atoms with Crippen LogP contribution in [0.5, 0.6) is 0 Å². The average molecular weight is 281 g/mol. The van der Waals surface area contributed by atoms with Crippen LogP contribution < -0.4 is 5.73 Å². The minimum Gasteiger partial charge on any atom is -0.327 e. The molecule has 0 amide bonds. The van der Waals surface area contributed by atoms with Crippen LogP contribution in [-0.4, -0.2) is 25.8 Å². The van der Waals surface area contributed by atoms with E-state index >= 15 is 0 Å². The van der Waals surface area contributed by atoms with E-state index in [1.54, 1.807) is 6.33 Å². The fourth-order valence-corrected chi connectivity index (χ4v) is 2.53. The maximum absolute atomic E-state index is 6.14. The molecule has 0 aliphatic heterocycles. The number of nitrogens with two attached hydrogens (primary N) is 1. The number of aromatic nitrogens is 4. The highest BCUT2D eigenvalue weighted by atomic mass is 15.3. The summed E-state index contributed by atoms with van der Waals surface area (Å²) in [6.45, 7) is 2.14. The van der Waals surface area contributed by atoms with Gasteiger partial charge in [-0.25, -0.2) is 14.6 Å². The van der Waals surface area contributed by atoms with Gasteiger partial charge in [-0.1, -0.05) is 31.5 Å². The third kappa shape index (κ3) is 2.78. The van der Waals surface area contributed by atoms with Crippen molar-refractivity contribution in [3.8, 4) is 5.69 Å². The van der Waals surface area contributed by atoms with Crippen LogP contribution in [0.4, 0.5) is 0 Å². The Kier molecular flexibility index (Phi) is 3.92. The minimum absolute atomic E-state index is 0.133. The molecule has 1 aromatic carbocycles. The number of rotatable bonds is 5. The van der Waals surface area contributed by atoms with Crippen molar-refractivity contribution in [2.45, 2.75) is 32.2 Å². The summed E-state index contributed by atoms with van der Waals surface area (Å²) in [5.41, 5.74) is 8.94. The number of hydrogen-bond acceptors (Lipinski definition) is 4. The summed E-state index contributed by atoms with van der Waals surface area (Å²) >= 11 is 0. The van der Waals surface area contributed by atoms with Gasteiger partial charge in [0.2, 0.25) is 0 Å². The molecule has 108 valence electrons. The van der Waals surface area contributed by atoms with Crippen molar-refractivity contribution in [2.24, 2.45) is 5.73 Å². The van der Waals surface area contributed by atoms with Crippen LogP contribution >= 0.6 is 0 Å². The average Bonchev–Trinajstić information content (AvgIpc) is 2.93. The van der Waals surface area contributed by atoms with Crippen LogP contribution in [0, 0.1) is 0 Å². The van der Waals surface area contributed by atoms with Gasteiger partial charge in [-0.3, -0.25) is 0 Å². The summed E-state index contributed by atoms with van der Waals surface area (Å²) in [7, 11) is 0. The fraction of sp³-hybridized carbons (Fsp3) is 0.312. The molecule has 3 rings (SSSR count). The van der Waals surface area contributed by atoms with E-state index in [1.807, 2.05) is 41.2 Å². The predicted octanol–water partition coefficient (Wildman–Crippen LogP) is 2.49. The van der Waals surface area contributed by atoms with E-state index in [2.05, 4.69) is 22.0 Å². The molecule has 0 aliphatic carbocycles. The zero-order valence-corrected chi connectivity index (χ0v) is 12.1. The standard InChI is InChI=1S/C16H19N5/c1-2-6-12(17)9-15-14-10-20-21(16(14)19-11-18-15)13-7-4-3-5-8-13/h3-5,7-8,10-12H,2,6,9,17H2,1H3. The number of fused-ring (bicyclic) bond motifs is 1. The first-order chi connectivity index (χ1) is 10.3. The lowest BCUT2D eigenvalue weighted by Gasteiger charge is -2.10. The summed E-state index contributed by atoms with van der Waals surface area (Å²) in [6.07, 6.45) is 6.26. The Balaban J connectivity index is 2.00. The summed E-state index contributed by atoms with van der Waals surface area (Å²) in [6, 6.07) is 10.1. The Morgan fingerprint density at radius 2 is 2.00 bits per heavy atom. The zero-order chi connectivity index (χ0) is 14.7. The first-order valence-electron chi connectivity index (χ1n) is 7.28. The SMILES string of the molecule is CCCC(N)Cc1ncnc2c1cnn2-c1ccccc1. The Morgan fingerprint density at radius 3 is 2.76 bits per heavy atom. The summed E-state index contributed by atoms with van der Waals surface area (Å²) in [5, 5.41) is 5.43. The molecule has 2 heterocycles. The smallest absolute Gasteiger partial charge is 0.166 e. The summed E-state index contributed by atoms with van der Waals surface area (Å²) in [5.74, 6) is 0. The topological polar surface area (TPSA) is 69.6 Å². The van der Waals surface area contributed by atoms with Gasteiger partial charge in [0, 0.05) is 12.5 Å². The van der Waals surface area contributed by atoms with E-state index < -0.39 is 0 Å². The van der Waals surface area contributed by atoms with E-state index in [1.165, 1.54) is 0 Å². The monoisotopic (exact) mass is 281 g/mol. The van der Waals surface area contributed by atoms with E-state index in [4.69, 9.17) is 5.73 Å². The highest BCUT2D eigenvalue weighted by Gasteiger charge is 2.13. The van der Waals surface area contributed by atoms with Gasteiger partial charge in [0.05, 0.1) is 23.0 Å². The van der Waals surface area contributed by atoms with Crippen LogP contribution in [0.2, 0.25) is 0 Å². The van der Waals surface area contributed by atoms with Gasteiger partial charge in [-0.05, 0) is 18.6 Å². The molecule has 1 atom stereocenters. The molecule has 0 aliphatic rings. The Hall–Kier alpha value is -2.27. The van der Waals surface area contributed by atoms with E-state index in [0.29, 0.717) is 0 Å². The minimum atomic E-state index is 0.133. The molecule has 0 saturated carbocycles. The van der Waals surface area contributed by atoms with Gasteiger partial charge >= 0.3 is 0 Å². The number of para-hydroxylation sites is 1. The van der Waals surface area contributed by atoms with Crippen molar-refractivity contribution < 1.29 is 0 Å². The van der Waals surface area contributed by atoms with Crippen molar-refractivity contribution in [3.05, 3.63) is 48.5 Å². The van der Waals surface area contributed by atoms with Crippen LogP contribution in [-0.2, 0) is 6.42 Å².